The Morgan fingerprint density at radius 2 is 2.19 bits per heavy atom. The minimum absolute atomic E-state index is 0.142. The Kier molecular flexibility index (Phi) is 3.21. The molecule has 0 aliphatic rings. The maximum Gasteiger partial charge on any atom is 0.274 e. The quantitative estimate of drug-likeness (QED) is 0.739. The lowest BCUT2D eigenvalue weighted by Gasteiger charge is -2.13. The van der Waals surface area contributed by atoms with E-state index in [-0.39, 0.29) is 5.91 Å². The smallest absolute Gasteiger partial charge is 0.274 e. The van der Waals surface area contributed by atoms with Gasteiger partial charge in [0.05, 0.1) is 6.54 Å². The fourth-order valence-electron chi connectivity index (χ4n) is 2.19. The monoisotopic (exact) mass is 284 g/mol. The molecule has 3 aromatic heterocycles. The molecule has 108 valence electrons. The third-order valence-corrected chi connectivity index (χ3v) is 3.26. The van der Waals surface area contributed by atoms with Gasteiger partial charge in [0, 0.05) is 25.5 Å². The number of amides is 1. The number of pyridine rings is 1. The zero-order valence-corrected chi connectivity index (χ0v) is 12.2. The van der Waals surface area contributed by atoms with E-state index in [2.05, 4.69) is 10.1 Å². The van der Waals surface area contributed by atoms with Crippen LogP contribution in [0.15, 0.2) is 35.1 Å². The summed E-state index contributed by atoms with van der Waals surface area (Å²) in [6, 6.07) is 5.74. The first-order valence-electron chi connectivity index (χ1n) is 6.66. The average molecular weight is 284 g/mol. The highest BCUT2D eigenvalue weighted by molar-refractivity contribution is 5.92. The first-order chi connectivity index (χ1) is 10.0. The number of fused-ring (bicyclic) bond motifs is 1. The van der Waals surface area contributed by atoms with Gasteiger partial charge in [0.2, 0.25) is 0 Å². The zero-order chi connectivity index (χ0) is 15.0. The largest absolute Gasteiger partial charge is 0.361 e. The lowest BCUT2D eigenvalue weighted by Crippen LogP contribution is -2.26. The third-order valence-electron chi connectivity index (χ3n) is 3.26. The van der Waals surface area contributed by atoms with Gasteiger partial charge in [-0.1, -0.05) is 5.16 Å². The Morgan fingerprint density at radius 3 is 2.90 bits per heavy atom. The Labute approximate surface area is 122 Å². The van der Waals surface area contributed by atoms with Gasteiger partial charge < -0.3 is 13.8 Å². The van der Waals surface area contributed by atoms with Gasteiger partial charge in [0.25, 0.3) is 5.91 Å². The number of aromatic nitrogens is 3. The van der Waals surface area contributed by atoms with Crippen molar-refractivity contribution in [2.24, 2.45) is 0 Å². The number of carbonyl (C=O) groups is 1. The number of hydrogen-bond donors (Lipinski definition) is 0. The highest BCUT2D eigenvalue weighted by Crippen LogP contribution is 2.11. The third kappa shape index (κ3) is 2.65. The van der Waals surface area contributed by atoms with Crippen molar-refractivity contribution >= 4 is 11.6 Å². The van der Waals surface area contributed by atoms with Gasteiger partial charge in [-0.25, -0.2) is 4.98 Å². The SMILES string of the molecule is Cc1ccn2cc(C(=O)N(C)Cc3cc(C)on3)nc2c1. The first-order valence-corrected chi connectivity index (χ1v) is 6.66. The molecule has 3 rings (SSSR count). The van der Waals surface area contributed by atoms with Gasteiger partial charge in [-0.3, -0.25) is 4.79 Å². The molecule has 0 N–H and O–H groups in total. The molecule has 0 saturated carbocycles. The van der Waals surface area contributed by atoms with E-state index in [1.54, 1.807) is 18.1 Å². The second-order valence-electron chi connectivity index (χ2n) is 5.19. The number of nitrogens with zero attached hydrogens (tertiary/aromatic N) is 4. The number of carbonyl (C=O) groups excluding carboxylic acids is 1. The summed E-state index contributed by atoms with van der Waals surface area (Å²) in [5.74, 6) is 0.589. The Bertz CT molecular complexity index is 803. The minimum Gasteiger partial charge on any atom is -0.361 e. The predicted molar refractivity (Wildman–Crippen MR) is 77.0 cm³/mol. The molecule has 3 aromatic rings. The van der Waals surface area contributed by atoms with Gasteiger partial charge in [-0.2, -0.15) is 0 Å². The van der Waals surface area contributed by atoms with E-state index in [1.165, 1.54) is 0 Å². The first kappa shape index (κ1) is 13.4. The van der Waals surface area contributed by atoms with Crippen LogP contribution in [0.4, 0.5) is 0 Å². The molecule has 3 heterocycles. The topological polar surface area (TPSA) is 63.6 Å². The van der Waals surface area contributed by atoms with Crippen molar-refractivity contribution in [3.63, 3.8) is 0 Å². The molecular formula is C15H16N4O2. The van der Waals surface area contributed by atoms with E-state index >= 15 is 0 Å². The highest BCUT2D eigenvalue weighted by atomic mass is 16.5. The molecule has 21 heavy (non-hydrogen) atoms. The molecule has 0 bridgehead atoms. The molecule has 0 unspecified atom stereocenters. The summed E-state index contributed by atoms with van der Waals surface area (Å²) >= 11 is 0. The molecular weight excluding hydrogens is 268 g/mol. The Balaban J connectivity index is 1.82. The summed E-state index contributed by atoms with van der Waals surface area (Å²) in [7, 11) is 1.72. The lowest BCUT2D eigenvalue weighted by atomic mass is 10.3. The molecule has 0 aliphatic carbocycles. The van der Waals surface area contributed by atoms with Crippen LogP contribution in [0.2, 0.25) is 0 Å². The maximum absolute atomic E-state index is 12.4. The van der Waals surface area contributed by atoms with E-state index in [0.717, 1.165) is 22.7 Å². The van der Waals surface area contributed by atoms with E-state index in [9.17, 15) is 4.79 Å². The minimum atomic E-state index is -0.142. The molecule has 0 aromatic carbocycles. The van der Waals surface area contributed by atoms with E-state index in [4.69, 9.17) is 4.52 Å². The van der Waals surface area contributed by atoms with E-state index in [1.807, 2.05) is 42.6 Å². The van der Waals surface area contributed by atoms with Crippen LogP contribution in [0.3, 0.4) is 0 Å². The molecule has 6 heteroatoms. The van der Waals surface area contributed by atoms with Crippen LogP contribution in [0.25, 0.3) is 5.65 Å². The summed E-state index contributed by atoms with van der Waals surface area (Å²) in [4.78, 5) is 18.3. The molecule has 0 saturated heterocycles. The molecule has 0 radical (unpaired) electrons. The second kappa shape index (κ2) is 5.05. The molecule has 0 atom stereocenters. The Morgan fingerprint density at radius 1 is 1.38 bits per heavy atom. The summed E-state index contributed by atoms with van der Waals surface area (Å²) in [5.41, 5.74) is 3.02. The zero-order valence-electron chi connectivity index (χ0n) is 12.2. The van der Waals surface area contributed by atoms with Gasteiger partial charge in [-0.05, 0) is 31.5 Å². The molecule has 0 spiro atoms. The van der Waals surface area contributed by atoms with Crippen LogP contribution < -0.4 is 0 Å². The number of rotatable bonds is 3. The van der Waals surface area contributed by atoms with Crippen LogP contribution in [-0.2, 0) is 6.54 Å². The summed E-state index contributed by atoms with van der Waals surface area (Å²) < 4.78 is 6.85. The lowest BCUT2D eigenvalue weighted by molar-refractivity contribution is 0.0777. The van der Waals surface area contributed by atoms with E-state index < -0.39 is 0 Å². The molecule has 0 aliphatic heterocycles. The predicted octanol–water partition coefficient (Wildman–Crippen LogP) is 2.21. The van der Waals surface area contributed by atoms with Crippen LogP contribution in [0.1, 0.15) is 27.5 Å². The number of hydrogen-bond acceptors (Lipinski definition) is 4. The fourth-order valence-corrected chi connectivity index (χ4v) is 2.19. The van der Waals surface area contributed by atoms with Crippen molar-refractivity contribution in [3.05, 3.63) is 53.3 Å². The number of imidazole rings is 1. The summed E-state index contributed by atoms with van der Waals surface area (Å²) in [6.07, 6.45) is 3.64. The second-order valence-corrected chi connectivity index (χ2v) is 5.19. The summed E-state index contributed by atoms with van der Waals surface area (Å²) in [6.45, 7) is 4.21. The van der Waals surface area contributed by atoms with Crippen LogP contribution in [0, 0.1) is 13.8 Å². The summed E-state index contributed by atoms with van der Waals surface area (Å²) in [5, 5.41) is 3.89. The van der Waals surface area contributed by atoms with Crippen molar-refractivity contribution < 1.29 is 9.32 Å². The maximum atomic E-state index is 12.4. The molecule has 0 fully saturated rings. The van der Waals surface area contributed by atoms with Crippen molar-refractivity contribution in [2.75, 3.05) is 7.05 Å². The fraction of sp³-hybridized carbons (Fsp3) is 0.267. The average Bonchev–Trinajstić information content (AvgIpc) is 3.03. The standard InChI is InChI=1S/C15H16N4O2/c1-10-4-5-19-9-13(16-14(19)6-10)15(20)18(3)8-12-7-11(2)21-17-12/h4-7,9H,8H2,1-3H3. The van der Waals surface area contributed by atoms with Gasteiger partial charge in [0.15, 0.2) is 0 Å². The van der Waals surface area contributed by atoms with Crippen LogP contribution in [-0.4, -0.2) is 32.4 Å². The molecule has 1 amide bonds. The molecule has 6 nitrogen and oxygen atoms in total. The van der Waals surface area contributed by atoms with Gasteiger partial charge in [-0.15, -0.1) is 0 Å². The van der Waals surface area contributed by atoms with Crippen LogP contribution >= 0.6 is 0 Å². The van der Waals surface area contributed by atoms with Crippen molar-refractivity contribution in [2.45, 2.75) is 20.4 Å². The van der Waals surface area contributed by atoms with Crippen molar-refractivity contribution in [1.29, 1.82) is 0 Å². The highest BCUT2D eigenvalue weighted by Gasteiger charge is 2.17. The Hall–Kier alpha value is -2.63. The van der Waals surface area contributed by atoms with E-state index in [0.29, 0.717) is 12.2 Å². The van der Waals surface area contributed by atoms with Gasteiger partial charge >= 0.3 is 0 Å². The van der Waals surface area contributed by atoms with Crippen molar-refractivity contribution in [3.8, 4) is 0 Å². The normalized spacial score (nSPS) is 11.0. The van der Waals surface area contributed by atoms with Crippen LogP contribution in [0.5, 0.6) is 0 Å². The van der Waals surface area contributed by atoms with Crippen molar-refractivity contribution in [1.82, 2.24) is 19.4 Å². The number of aryl methyl sites for hydroxylation is 2. The van der Waals surface area contributed by atoms with Gasteiger partial charge in [0.1, 0.15) is 22.8 Å².